The highest BCUT2D eigenvalue weighted by Crippen LogP contribution is 2.25. The highest BCUT2D eigenvalue weighted by atomic mass is 32.1. The fraction of sp³-hybridized carbons (Fsp3) is 0.192. The van der Waals surface area contributed by atoms with E-state index in [2.05, 4.69) is 21.4 Å². The van der Waals surface area contributed by atoms with E-state index in [0.29, 0.717) is 28.1 Å². The van der Waals surface area contributed by atoms with Gasteiger partial charge in [-0.2, -0.15) is 5.26 Å². The van der Waals surface area contributed by atoms with E-state index < -0.39 is 6.09 Å². The smallest absolute Gasteiger partial charge is 0.419 e. The summed E-state index contributed by atoms with van der Waals surface area (Å²) in [5.41, 5.74) is 2.68. The second-order valence-electron chi connectivity index (χ2n) is 7.56. The Morgan fingerprint density at radius 2 is 1.92 bits per heavy atom. The summed E-state index contributed by atoms with van der Waals surface area (Å²) in [5.74, 6) is -0.139. The number of anilines is 2. The molecule has 2 aromatic carbocycles. The van der Waals surface area contributed by atoms with Crippen LogP contribution in [-0.2, 0) is 16.1 Å². The lowest BCUT2D eigenvalue weighted by Gasteiger charge is -2.21. The maximum atomic E-state index is 13.0. The number of pyridine rings is 1. The van der Waals surface area contributed by atoms with Gasteiger partial charge in [0, 0.05) is 24.0 Å². The number of amides is 1. The topological polar surface area (TPSA) is 117 Å². The molecule has 1 amide bonds. The molecule has 0 saturated carbocycles. The van der Waals surface area contributed by atoms with Crippen molar-refractivity contribution in [2.75, 3.05) is 23.4 Å². The van der Waals surface area contributed by atoms with E-state index in [4.69, 9.17) is 14.7 Å². The number of nitrogens with zero attached hydrogens (tertiary/aromatic N) is 4. The minimum atomic E-state index is -0.635. The molecule has 182 valence electrons. The van der Waals surface area contributed by atoms with E-state index >= 15 is 0 Å². The van der Waals surface area contributed by atoms with Gasteiger partial charge in [-0.25, -0.2) is 14.8 Å². The van der Waals surface area contributed by atoms with Gasteiger partial charge >= 0.3 is 12.1 Å². The molecule has 0 spiro atoms. The van der Waals surface area contributed by atoms with Crippen molar-refractivity contribution in [2.45, 2.75) is 19.9 Å². The second-order valence-corrected chi connectivity index (χ2v) is 8.62. The third-order valence-corrected chi connectivity index (χ3v) is 6.04. The molecule has 4 aromatic rings. The monoisotopic (exact) mass is 501 g/mol. The maximum absolute atomic E-state index is 13.0. The average Bonchev–Trinajstić information content (AvgIpc) is 3.31. The molecular formula is C26H23N5O4S. The van der Waals surface area contributed by atoms with Crippen molar-refractivity contribution in [1.82, 2.24) is 9.97 Å². The van der Waals surface area contributed by atoms with Crippen molar-refractivity contribution in [1.29, 1.82) is 5.26 Å². The Morgan fingerprint density at radius 3 is 2.64 bits per heavy atom. The number of rotatable bonds is 9. The van der Waals surface area contributed by atoms with Crippen LogP contribution in [0.4, 0.5) is 16.2 Å². The molecule has 2 aromatic heterocycles. The molecule has 0 aliphatic carbocycles. The van der Waals surface area contributed by atoms with Crippen molar-refractivity contribution in [3.05, 3.63) is 77.4 Å². The molecule has 0 aliphatic rings. The SMILES string of the molecule is CCOC(=O)CCN(C(=O)Oc1cnc2sc(CNc3ccc(C#N)cc3)nc2c1)c1ccccc1. The van der Waals surface area contributed by atoms with Crippen LogP contribution in [0.25, 0.3) is 10.3 Å². The van der Waals surface area contributed by atoms with E-state index in [0.717, 1.165) is 10.7 Å². The van der Waals surface area contributed by atoms with E-state index in [-0.39, 0.29) is 31.3 Å². The van der Waals surface area contributed by atoms with Gasteiger partial charge in [-0.1, -0.05) is 29.5 Å². The molecule has 0 aliphatic heterocycles. The second kappa shape index (κ2) is 11.8. The number of hydrogen-bond acceptors (Lipinski definition) is 9. The number of nitrogens with one attached hydrogen (secondary N) is 1. The molecule has 36 heavy (non-hydrogen) atoms. The third-order valence-electron chi connectivity index (χ3n) is 5.06. The molecule has 0 saturated heterocycles. The number of hydrogen-bond donors (Lipinski definition) is 1. The Labute approximate surface area is 211 Å². The third kappa shape index (κ3) is 6.34. The van der Waals surface area contributed by atoms with Gasteiger partial charge in [-0.05, 0) is 43.3 Å². The summed E-state index contributed by atoms with van der Waals surface area (Å²) < 4.78 is 10.6. The normalized spacial score (nSPS) is 10.4. The Kier molecular flexibility index (Phi) is 8.05. The van der Waals surface area contributed by atoms with Crippen LogP contribution in [0, 0.1) is 11.3 Å². The zero-order valence-corrected chi connectivity index (χ0v) is 20.3. The summed E-state index contributed by atoms with van der Waals surface area (Å²) in [6.07, 6.45) is 0.881. The Hall–Kier alpha value is -4.49. The molecule has 2 heterocycles. The fourth-order valence-corrected chi connectivity index (χ4v) is 4.17. The van der Waals surface area contributed by atoms with Crippen LogP contribution < -0.4 is 15.0 Å². The molecule has 9 nitrogen and oxygen atoms in total. The van der Waals surface area contributed by atoms with Gasteiger partial charge in [0.2, 0.25) is 0 Å². The molecule has 4 rings (SSSR count). The number of esters is 1. The highest BCUT2D eigenvalue weighted by Gasteiger charge is 2.20. The van der Waals surface area contributed by atoms with Crippen LogP contribution in [0.3, 0.4) is 0 Å². The number of fused-ring (bicyclic) bond motifs is 1. The summed E-state index contributed by atoms with van der Waals surface area (Å²) in [6, 6.07) is 19.9. The summed E-state index contributed by atoms with van der Waals surface area (Å²) in [7, 11) is 0. The first kappa shape index (κ1) is 24.6. The number of carbonyl (C=O) groups is 2. The average molecular weight is 502 g/mol. The minimum absolute atomic E-state index is 0.0385. The molecule has 0 bridgehead atoms. The van der Waals surface area contributed by atoms with Crippen molar-refractivity contribution < 1.29 is 19.1 Å². The van der Waals surface area contributed by atoms with Crippen LogP contribution in [0.15, 0.2) is 66.9 Å². The van der Waals surface area contributed by atoms with Crippen LogP contribution in [-0.4, -0.2) is 35.2 Å². The van der Waals surface area contributed by atoms with E-state index in [1.54, 1.807) is 49.4 Å². The van der Waals surface area contributed by atoms with Crippen molar-refractivity contribution >= 4 is 45.1 Å². The lowest BCUT2D eigenvalue weighted by molar-refractivity contribution is -0.142. The van der Waals surface area contributed by atoms with Gasteiger partial charge < -0.3 is 14.8 Å². The van der Waals surface area contributed by atoms with Crippen LogP contribution in [0.5, 0.6) is 5.75 Å². The zero-order chi connectivity index (χ0) is 25.3. The molecule has 0 atom stereocenters. The van der Waals surface area contributed by atoms with Crippen LogP contribution in [0.1, 0.15) is 23.9 Å². The summed E-state index contributed by atoms with van der Waals surface area (Å²) in [6.45, 7) is 2.60. The van der Waals surface area contributed by atoms with Gasteiger partial charge in [0.05, 0.1) is 37.4 Å². The van der Waals surface area contributed by atoms with E-state index in [1.165, 1.54) is 22.4 Å². The summed E-state index contributed by atoms with van der Waals surface area (Å²) in [5, 5.41) is 13.0. The standard InChI is InChI=1S/C26H23N5O4S/c1-2-34-24(32)12-13-31(20-6-4-3-5-7-20)26(33)35-21-14-22-25(29-16-21)36-23(30-22)17-28-19-10-8-18(15-27)9-11-19/h3-11,14,16,28H,2,12-13,17H2,1H3. The van der Waals surface area contributed by atoms with Crippen LogP contribution in [0.2, 0.25) is 0 Å². The van der Waals surface area contributed by atoms with Crippen molar-refractivity contribution in [3.8, 4) is 11.8 Å². The van der Waals surface area contributed by atoms with Gasteiger partial charge in [-0.15, -0.1) is 0 Å². The minimum Gasteiger partial charge on any atom is -0.466 e. The molecule has 1 N–H and O–H groups in total. The van der Waals surface area contributed by atoms with Gasteiger partial charge in [-0.3, -0.25) is 9.69 Å². The van der Waals surface area contributed by atoms with Crippen molar-refractivity contribution in [2.24, 2.45) is 0 Å². The van der Waals surface area contributed by atoms with Crippen LogP contribution >= 0.6 is 11.3 Å². The fourth-order valence-electron chi connectivity index (χ4n) is 3.35. The Morgan fingerprint density at radius 1 is 1.14 bits per heavy atom. The lowest BCUT2D eigenvalue weighted by atomic mass is 10.2. The molecule has 0 fully saturated rings. The van der Waals surface area contributed by atoms with Gasteiger partial charge in [0.1, 0.15) is 15.4 Å². The summed E-state index contributed by atoms with van der Waals surface area (Å²) in [4.78, 5) is 35.9. The molecule has 0 unspecified atom stereocenters. The summed E-state index contributed by atoms with van der Waals surface area (Å²) >= 11 is 1.43. The number of aromatic nitrogens is 2. The first-order valence-corrected chi connectivity index (χ1v) is 12.1. The Balaban J connectivity index is 1.44. The Bertz CT molecular complexity index is 1380. The number of ether oxygens (including phenoxy) is 2. The lowest BCUT2D eigenvalue weighted by Crippen LogP contribution is -2.35. The number of carbonyl (C=O) groups excluding carboxylic acids is 2. The highest BCUT2D eigenvalue weighted by molar-refractivity contribution is 7.18. The largest absolute Gasteiger partial charge is 0.466 e. The molecular weight excluding hydrogens is 478 g/mol. The van der Waals surface area contributed by atoms with E-state index in [1.807, 2.05) is 18.2 Å². The van der Waals surface area contributed by atoms with E-state index in [9.17, 15) is 9.59 Å². The van der Waals surface area contributed by atoms with Gasteiger partial charge in [0.25, 0.3) is 0 Å². The predicted octanol–water partition coefficient (Wildman–Crippen LogP) is 5.13. The molecule has 10 heteroatoms. The maximum Gasteiger partial charge on any atom is 0.419 e. The van der Waals surface area contributed by atoms with Gasteiger partial charge in [0.15, 0.2) is 5.75 Å². The quantitative estimate of drug-likeness (QED) is 0.314. The number of para-hydroxylation sites is 1. The first-order chi connectivity index (χ1) is 17.6. The molecule has 0 radical (unpaired) electrons. The number of nitriles is 1. The first-order valence-electron chi connectivity index (χ1n) is 11.2. The number of thiazole rings is 1. The number of benzene rings is 2. The zero-order valence-electron chi connectivity index (χ0n) is 19.5. The van der Waals surface area contributed by atoms with Crippen molar-refractivity contribution in [3.63, 3.8) is 0 Å². The predicted molar refractivity (Wildman–Crippen MR) is 137 cm³/mol.